The van der Waals surface area contributed by atoms with Gasteiger partial charge in [0, 0.05) is 12.8 Å². The van der Waals surface area contributed by atoms with Gasteiger partial charge in [-0.1, -0.05) is 0 Å². The molecule has 1 aromatic rings. The minimum absolute atomic E-state index is 0.112. The number of nitriles is 1. The summed E-state index contributed by atoms with van der Waals surface area (Å²) in [5, 5.41) is 8.57. The molecule has 0 saturated carbocycles. The van der Waals surface area contributed by atoms with Crippen LogP contribution in [0.25, 0.3) is 0 Å². The number of aromatic amines is 1. The molecule has 1 rings (SSSR count). The van der Waals surface area contributed by atoms with Crippen molar-refractivity contribution in [3.63, 3.8) is 0 Å². The van der Waals surface area contributed by atoms with Crippen LogP contribution in [0.2, 0.25) is 0 Å². The number of nitrogens with one attached hydrogen (secondary N) is 1. The van der Waals surface area contributed by atoms with E-state index in [0.717, 1.165) is 0 Å². The predicted octanol–water partition coefficient (Wildman–Crippen LogP) is 1.13. The Morgan fingerprint density at radius 2 is 2.14 bits per heavy atom. The molecule has 0 bridgehead atoms. The summed E-state index contributed by atoms with van der Waals surface area (Å²) < 4.78 is 5.20. The summed E-state index contributed by atoms with van der Waals surface area (Å²) in [6.45, 7) is 3.68. The molecule has 0 saturated heterocycles. The highest BCUT2D eigenvalue weighted by Crippen LogP contribution is 2.20. The number of methoxy groups -OCH3 is 1. The Hall–Kier alpha value is -1.60. The van der Waals surface area contributed by atoms with Crippen molar-refractivity contribution >= 4 is 0 Å². The van der Waals surface area contributed by atoms with Crippen molar-refractivity contribution in [2.75, 3.05) is 7.11 Å². The number of rotatable bonds is 2. The topological polar surface area (TPSA) is 65.9 Å². The van der Waals surface area contributed by atoms with Crippen LogP contribution >= 0.6 is 0 Å². The molecule has 74 valence electrons. The Bertz CT molecular complexity index is 426. The minimum atomic E-state index is -0.548. The fourth-order valence-electron chi connectivity index (χ4n) is 1.02. The molecule has 0 spiro atoms. The third-order valence-corrected chi connectivity index (χ3v) is 2.19. The first kappa shape index (κ1) is 10.5. The largest absolute Gasteiger partial charge is 0.373 e. The van der Waals surface area contributed by atoms with Gasteiger partial charge in [-0.3, -0.25) is 4.79 Å². The Kier molecular flexibility index (Phi) is 2.73. The van der Waals surface area contributed by atoms with Gasteiger partial charge in [0.25, 0.3) is 5.56 Å². The average molecular weight is 192 g/mol. The van der Waals surface area contributed by atoms with E-state index in [4.69, 9.17) is 10.00 Å². The van der Waals surface area contributed by atoms with Gasteiger partial charge in [0.1, 0.15) is 17.2 Å². The summed E-state index contributed by atoms with van der Waals surface area (Å²) >= 11 is 0. The first-order valence-corrected chi connectivity index (χ1v) is 4.20. The van der Waals surface area contributed by atoms with Crippen LogP contribution in [0.15, 0.2) is 16.9 Å². The molecule has 0 amide bonds. The summed E-state index contributed by atoms with van der Waals surface area (Å²) in [6.07, 6.45) is 0. The Labute approximate surface area is 82.1 Å². The monoisotopic (exact) mass is 192 g/mol. The van der Waals surface area contributed by atoms with E-state index in [1.165, 1.54) is 6.07 Å². The molecule has 0 aromatic carbocycles. The van der Waals surface area contributed by atoms with Gasteiger partial charge in [0.05, 0.1) is 0 Å². The number of pyridine rings is 1. The van der Waals surface area contributed by atoms with Gasteiger partial charge >= 0.3 is 0 Å². The summed E-state index contributed by atoms with van der Waals surface area (Å²) in [6, 6.07) is 4.99. The van der Waals surface area contributed by atoms with Crippen LogP contribution in [0.3, 0.4) is 0 Å². The van der Waals surface area contributed by atoms with Crippen LogP contribution in [0.1, 0.15) is 25.1 Å². The second-order valence-corrected chi connectivity index (χ2v) is 3.44. The molecule has 4 nitrogen and oxygen atoms in total. The molecule has 1 N–H and O–H groups in total. The zero-order valence-electron chi connectivity index (χ0n) is 8.42. The number of hydrogen-bond donors (Lipinski definition) is 1. The SMILES string of the molecule is COC(C)(C)c1ccc(C#N)c(=O)[nH]1. The van der Waals surface area contributed by atoms with E-state index in [1.807, 2.05) is 19.9 Å². The highest BCUT2D eigenvalue weighted by molar-refractivity contribution is 5.27. The minimum Gasteiger partial charge on any atom is -0.373 e. The van der Waals surface area contributed by atoms with E-state index in [-0.39, 0.29) is 11.1 Å². The molecule has 0 aliphatic heterocycles. The lowest BCUT2D eigenvalue weighted by atomic mass is 10.0. The highest BCUT2D eigenvalue weighted by atomic mass is 16.5. The summed E-state index contributed by atoms with van der Waals surface area (Å²) in [7, 11) is 1.57. The van der Waals surface area contributed by atoms with Gasteiger partial charge in [-0.25, -0.2) is 0 Å². The van der Waals surface area contributed by atoms with Crippen molar-refractivity contribution in [3.05, 3.63) is 33.7 Å². The van der Waals surface area contributed by atoms with Crippen LogP contribution in [0, 0.1) is 11.3 Å². The van der Waals surface area contributed by atoms with Crippen molar-refractivity contribution in [1.29, 1.82) is 5.26 Å². The maximum absolute atomic E-state index is 11.3. The van der Waals surface area contributed by atoms with Crippen molar-refractivity contribution in [2.24, 2.45) is 0 Å². The third kappa shape index (κ3) is 1.83. The van der Waals surface area contributed by atoms with Crippen molar-refractivity contribution in [2.45, 2.75) is 19.4 Å². The van der Waals surface area contributed by atoms with E-state index in [2.05, 4.69) is 4.98 Å². The second kappa shape index (κ2) is 3.64. The van der Waals surface area contributed by atoms with Gasteiger partial charge < -0.3 is 9.72 Å². The average Bonchev–Trinajstić information content (AvgIpc) is 2.17. The van der Waals surface area contributed by atoms with Crippen molar-refractivity contribution < 1.29 is 4.74 Å². The zero-order chi connectivity index (χ0) is 10.8. The first-order valence-electron chi connectivity index (χ1n) is 4.20. The standard InChI is InChI=1S/C10H12N2O2/c1-10(2,14-3)8-5-4-7(6-11)9(13)12-8/h4-5H,1-3H3,(H,12,13). The normalized spacial score (nSPS) is 11.0. The smallest absolute Gasteiger partial charge is 0.266 e. The van der Waals surface area contributed by atoms with Crippen LogP contribution < -0.4 is 5.56 Å². The predicted molar refractivity (Wildman–Crippen MR) is 51.8 cm³/mol. The molecule has 1 heterocycles. The molecule has 1 aromatic heterocycles. The van der Waals surface area contributed by atoms with Crippen molar-refractivity contribution in [1.82, 2.24) is 4.98 Å². The number of nitrogens with zero attached hydrogens (tertiary/aromatic N) is 1. The summed E-state index contributed by atoms with van der Waals surface area (Å²) in [4.78, 5) is 13.9. The molecular formula is C10H12N2O2. The van der Waals surface area contributed by atoms with Gasteiger partial charge in [-0.15, -0.1) is 0 Å². The van der Waals surface area contributed by atoms with Crippen LogP contribution in [0.4, 0.5) is 0 Å². The van der Waals surface area contributed by atoms with Gasteiger partial charge in [0.15, 0.2) is 0 Å². The number of H-pyrrole nitrogens is 1. The molecule has 0 fully saturated rings. The molecule has 0 atom stereocenters. The highest BCUT2D eigenvalue weighted by Gasteiger charge is 2.20. The summed E-state index contributed by atoms with van der Waals surface area (Å²) in [5.41, 5.74) is -0.160. The molecule has 0 radical (unpaired) electrons. The van der Waals surface area contributed by atoms with Gasteiger partial charge in [0.2, 0.25) is 0 Å². The lowest BCUT2D eigenvalue weighted by Crippen LogP contribution is -2.25. The second-order valence-electron chi connectivity index (χ2n) is 3.44. The number of hydrogen-bond acceptors (Lipinski definition) is 3. The summed E-state index contributed by atoms with van der Waals surface area (Å²) in [5.74, 6) is 0. The van der Waals surface area contributed by atoms with E-state index in [9.17, 15) is 4.79 Å². The Morgan fingerprint density at radius 3 is 2.57 bits per heavy atom. The van der Waals surface area contributed by atoms with Crippen molar-refractivity contribution in [3.8, 4) is 6.07 Å². The van der Waals surface area contributed by atoms with E-state index in [0.29, 0.717) is 5.69 Å². The number of ether oxygens (including phenoxy) is 1. The lowest BCUT2D eigenvalue weighted by molar-refractivity contribution is 0.0153. The molecule has 0 aliphatic carbocycles. The van der Waals surface area contributed by atoms with E-state index in [1.54, 1.807) is 13.2 Å². The van der Waals surface area contributed by atoms with E-state index >= 15 is 0 Å². The quantitative estimate of drug-likeness (QED) is 0.763. The maximum Gasteiger partial charge on any atom is 0.266 e. The maximum atomic E-state index is 11.3. The van der Waals surface area contributed by atoms with Crippen LogP contribution in [0.5, 0.6) is 0 Å². The fraction of sp³-hybridized carbons (Fsp3) is 0.400. The first-order chi connectivity index (χ1) is 6.51. The van der Waals surface area contributed by atoms with Crippen LogP contribution in [-0.4, -0.2) is 12.1 Å². The molecule has 14 heavy (non-hydrogen) atoms. The Morgan fingerprint density at radius 1 is 1.50 bits per heavy atom. The fourth-order valence-corrected chi connectivity index (χ4v) is 1.02. The van der Waals surface area contributed by atoms with Gasteiger partial charge in [-0.05, 0) is 26.0 Å². The van der Waals surface area contributed by atoms with Gasteiger partial charge in [-0.2, -0.15) is 5.26 Å². The van der Waals surface area contributed by atoms with Crippen LogP contribution in [-0.2, 0) is 10.3 Å². The van der Waals surface area contributed by atoms with E-state index < -0.39 is 5.60 Å². The number of aromatic nitrogens is 1. The lowest BCUT2D eigenvalue weighted by Gasteiger charge is -2.22. The molecule has 0 unspecified atom stereocenters. The third-order valence-electron chi connectivity index (χ3n) is 2.19. The molecular weight excluding hydrogens is 180 g/mol. The molecule has 4 heteroatoms. The molecule has 0 aliphatic rings. The zero-order valence-corrected chi connectivity index (χ0v) is 8.42. The Balaban J connectivity index is 3.24.